The molecule has 1 fully saturated rings. The van der Waals surface area contributed by atoms with Crippen LogP contribution in [0, 0.1) is 0 Å². The zero-order chi connectivity index (χ0) is 17.9. The third-order valence-corrected chi connectivity index (χ3v) is 4.79. The second-order valence-electron chi connectivity index (χ2n) is 6.64. The van der Waals surface area contributed by atoms with Crippen molar-refractivity contribution in [2.45, 2.75) is 44.9 Å². The molecule has 0 aromatic heterocycles. The van der Waals surface area contributed by atoms with Gasteiger partial charge >= 0.3 is 0 Å². The number of rotatable bonds is 11. The third kappa shape index (κ3) is 6.58. The lowest BCUT2D eigenvalue weighted by Gasteiger charge is -2.13. The normalized spacial score (nSPS) is 14.5. The van der Waals surface area contributed by atoms with Crippen molar-refractivity contribution < 1.29 is 14.3 Å². The molecule has 2 rings (SSSR count). The molecule has 1 heterocycles. The van der Waals surface area contributed by atoms with E-state index in [2.05, 4.69) is 10.2 Å². The lowest BCUT2D eigenvalue weighted by molar-refractivity contribution is 0.0950. The van der Waals surface area contributed by atoms with Gasteiger partial charge in [-0.15, -0.1) is 0 Å². The van der Waals surface area contributed by atoms with Gasteiger partial charge in [-0.2, -0.15) is 0 Å². The van der Waals surface area contributed by atoms with Crippen LogP contribution in [0.1, 0.15) is 55.3 Å². The molecule has 0 bridgehead atoms. The van der Waals surface area contributed by atoms with Crippen molar-refractivity contribution in [3.05, 3.63) is 23.8 Å². The predicted octanol–water partition coefficient (Wildman–Crippen LogP) is 3.48. The molecule has 0 radical (unpaired) electrons. The quantitative estimate of drug-likeness (QED) is 0.622. The summed E-state index contributed by atoms with van der Waals surface area (Å²) in [7, 11) is 3.16. The highest BCUT2D eigenvalue weighted by Gasteiger charge is 2.13. The SMILES string of the molecule is COc1ccc(C(=O)NCCCCCCCN2CCCC2)c(OC)c1. The van der Waals surface area contributed by atoms with Gasteiger partial charge in [0, 0.05) is 12.6 Å². The van der Waals surface area contributed by atoms with Crippen molar-refractivity contribution >= 4 is 5.91 Å². The van der Waals surface area contributed by atoms with E-state index in [-0.39, 0.29) is 5.91 Å². The zero-order valence-corrected chi connectivity index (χ0v) is 15.7. The summed E-state index contributed by atoms with van der Waals surface area (Å²) in [6.07, 6.45) is 8.77. The van der Waals surface area contributed by atoms with E-state index in [9.17, 15) is 4.79 Å². The van der Waals surface area contributed by atoms with E-state index in [1.165, 1.54) is 58.2 Å². The van der Waals surface area contributed by atoms with Crippen LogP contribution in [-0.4, -0.2) is 51.2 Å². The molecule has 25 heavy (non-hydrogen) atoms. The third-order valence-electron chi connectivity index (χ3n) is 4.79. The summed E-state index contributed by atoms with van der Waals surface area (Å²) in [6, 6.07) is 5.25. The highest BCUT2D eigenvalue weighted by molar-refractivity contribution is 5.97. The molecular weight excluding hydrogens is 316 g/mol. The van der Waals surface area contributed by atoms with Crippen LogP contribution < -0.4 is 14.8 Å². The molecule has 0 unspecified atom stereocenters. The number of likely N-dealkylation sites (tertiary alicyclic amines) is 1. The Morgan fingerprint density at radius 3 is 2.48 bits per heavy atom. The first-order chi connectivity index (χ1) is 12.2. The number of amides is 1. The number of unbranched alkanes of at least 4 members (excludes halogenated alkanes) is 4. The fraction of sp³-hybridized carbons (Fsp3) is 0.650. The summed E-state index contributed by atoms with van der Waals surface area (Å²) < 4.78 is 10.4. The Bertz CT molecular complexity index is 528. The summed E-state index contributed by atoms with van der Waals surface area (Å²) in [5.74, 6) is 1.13. The molecule has 1 N–H and O–H groups in total. The van der Waals surface area contributed by atoms with Gasteiger partial charge < -0.3 is 19.7 Å². The van der Waals surface area contributed by atoms with Crippen LogP contribution in [0.2, 0.25) is 0 Å². The smallest absolute Gasteiger partial charge is 0.255 e. The van der Waals surface area contributed by atoms with Crippen molar-refractivity contribution in [1.29, 1.82) is 0 Å². The molecule has 5 heteroatoms. The number of hydrogen-bond donors (Lipinski definition) is 1. The fourth-order valence-corrected chi connectivity index (χ4v) is 3.28. The lowest BCUT2D eigenvalue weighted by atomic mass is 10.1. The number of carbonyl (C=O) groups excluding carboxylic acids is 1. The number of nitrogens with one attached hydrogen (secondary N) is 1. The molecule has 1 aliphatic rings. The van der Waals surface area contributed by atoms with Crippen molar-refractivity contribution in [2.24, 2.45) is 0 Å². The predicted molar refractivity (Wildman–Crippen MR) is 101 cm³/mol. The molecule has 1 amide bonds. The van der Waals surface area contributed by atoms with Crippen LogP contribution in [0.25, 0.3) is 0 Å². The molecular formula is C20H32N2O3. The van der Waals surface area contributed by atoms with Gasteiger partial charge in [-0.05, 0) is 57.5 Å². The highest BCUT2D eigenvalue weighted by atomic mass is 16.5. The number of nitrogens with zero attached hydrogens (tertiary/aromatic N) is 1. The number of carbonyl (C=O) groups is 1. The second-order valence-corrected chi connectivity index (χ2v) is 6.64. The minimum atomic E-state index is -0.0893. The minimum Gasteiger partial charge on any atom is -0.497 e. The fourth-order valence-electron chi connectivity index (χ4n) is 3.28. The standard InChI is InChI=1S/C20H32N2O3/c1-24-17-10-11-18(19(16-17)25-2)20(23)21-12-6-4-3-5-7-13-22-14-8-9-15-22/h10-11,16H,3-9,12-15H2,1-2H3,(H,21,23). The average Bonchev–Trinajstić information content (AvgIpc) is 3.16. The molecule has 1 saturated heterocycles. The Morgan fingerprint density at radius 2 is 1.76 bits per heavy atom. The van der Waals surface area contributed by atoms with E-state index >= 15 is 0 Å². The van der Waals surface area contributed by atoms with Crippen LogP contribution in [0.3, 0.4) is 0 Å². The van der Waals surface area contributed by atoms with Gasteiger partial charge in [0.2, 0.25) is 0 Å². The molecule has 1 aliphatic heterocycles. The summed E-state index contributed by atoms with van der Waals surface area (Å²) in [4.78, 5) is 14.8. The largest absolute Gasteiger partial charge is 0.497 e. The molecule has 1 aromatic rings. The van der Waals surface area contributed by atoms with Crippen molar-refractivity contribution in [1.82, 2.24) is 10.2 Å². The van der Waals surface area contributed by atoms with Crippen LogP contribution >= 0.6 is 0 Å². The van der Waals surface area contributed by atoms with Gasteiger partial charge in [0.25, 0.3) is 5.91 Å². The second kappa shape index (κ2) is 11.0. The van der Waals surface area contributed by atoms with E-state index in [4.69, 9.17) is 9.47 Å². The number of methoxy groups -OCH3 is 2. The first kappa shape index (κ1) is 19.6. The van der Waals surface area contributed by atoms with E-state index in [0.29, 0.717) is 23.6 Å². The molecule has 0 spiro atoms. The lowest BCUT2D eigenvalue weighted by Crippen LogP contribution is -2.25. The van der Waals surface area contributed by atoms with Crippen LogP contribution in [0.15, 0.2) is 18.2 Å². The number of hydrogen-bond acceptors (Lipinski definition) is 4. The van der Waals surface area contributed by atoms with Gasteiger partial charge in [-0.3, -0.25) is 4.79 Å². The van der Waals surface area contributed by atoms with E-state index in [1.54, 1.807) is 32.4 Å². The van der Waals surface area contributed by atoms with Crippen LogP contribution in [0.5, 0.6) is 11.5 Å². The molecule has 0 aliphatic carbocycles. The Morgan fingerprint density at radius 1 is 1.04 bits per heavy atom. The molecule has 0 saturated carbocycles. The zero-order valence-electron chi connectivity index (χ0n) is 15.7. The van der Waals surface area contributed by atoms with E-state index in [0.717, 1.165) is 6.42 Å². The van der Waals surface area contributed by atoms with Crippen molar-refractivity contribution in [2.75, 3.05) is 40.4 Å². The summed E-state index contributed by atoms with van der Waals surface area (Å²) in [6.45, 7) is 4.55. The van der Waals surface area contributed by atoms with Gasteiger partial charge in [0.1, 0.15) is 11.5 Å². The van der Waals surface area contributed by atoms with Crippen LogP contribution in [-0.2, 0) is 0 Å². The molecule has 5 nitrogen and oxygen atoms in total. The first-order valence-electron chi connectivity index (χ1n) is 9.47. The van der Waals surface area contributed by atoms with E-state index in [1.807, 2.05) is 0 Å². The maximum atomic E-state index is 12.3. The van der Waals surface area contributed by atoms with Crippen molar-refractivity contribution in [3.8, 4) is 11.5 Å². The van der Waals surface area contributed by atoms with Gasteiger partial charge in [0.15, 0.2) is 0 Å². The Hall–Kier alpha value is -1.75. The Kier molecular flexibility index (Phi) is 8.60. The highest BCUT2D eigenvalue weighted by Crippen LogP contribution is 2.24. The number of benzene rings is 1. The first-order valence-corrected chi connectivity index (χ1v) is 9.47. The van der Waals surface area contributed by atoms with Crippen molar-refractivity contribution in [3.63, 3.8) is 0 Å². The summed E-state index contributed by atoms with van der Waals surface area (Å²) in [5, 5.41) is 2.98. The summed E-state index contributed by atoms with van der Waals surface area (Å²) >= 11 is 0. The monoisotopic (exact) mass is 348 g/mol. The summed E-state index contributed by atoms with van der Waals surface area (Å²) in [5.41, 5.74) is 0.550. The van der Waals surface area contributed by atoms with Gasteiger partial charge in [0.05, 0.1) is 19.8 Å². The van der Waals surface area contributed by atoms with Gasteiger partial charge in [-0.1, -0.05) is 19.3 Å². The maximum Gasteiger partial charge on any atom is 0.255 e. The Balaban J connectivity index is 1.57. The van der Waals surface area contributed by atoms with E-state index < -0.39 is 0 Å². The molecule has 1 aromatic carbocycles. The minimum absolute atomic E-state index is 0.0893. The average molecular weight is 348 g/mol. The Labute approximate surface area is 151 Å². The maximum absolute atomic E-state index is 12.3. The number of ether oxygens (including phenoxy) is 2. The topological polar surface area (TPSA) is 50.8 Å². The van der Waals surface area contributed by atoms with Gasteiger partial charge in [-0.25, -0.2) is 0 Å². The molecule has 0 atom stereocenters. The van der Waals surface area contributed by atoms with Crippen LogP contribution in [0.4, 0.5) is 0 Å². The molecule has 140 valence electrons.